The molecular weight excluding hydrogens is 797 g/mol. The molecule has 0 fully saturated rings. The Kier molecular flexibility index (Phi) is 8.88. The first-order valence-corrected chi connectivity index (χ1v) is 19.9. The topological polar surface area (TPSA) is 48.5 Å². The maximum atomic E-state index is 14.3. The van der Waals surface area contributed by atoms with Crippen LogP contribution in [-0.2, 0) is 12.4 Å². The predicted molar refractivity (Wildman–Crippen MR) is 234 cm³/mol. The first-order chi connectivity index (χ1) is 29.6. The van der Waals surface area contributed by atoms with Gasteiger partial charge in [-0.15, -0.1) is 0 Å². The molecule has 11 heteroatoms. The zero-order chi connectivity index (χ0) is 43.2. The van der Waals surface area contributed by atoms with Crippen molar-refractivity contribution < 1.29 is 26.3 Å². The third-order valence-electron chi connectivity index (χ3n) is 11.4. The Labute approximate surface area is 351 Å². The minimum Gasteiger partial charge on any atom is -0.308 e. The Morgan fingerprint density at radius 3 is 1.15 bits per heavy atom. The van der Waals surface area contributed by atoms with Gasteiger partial charge in [0, 0.05) is 38.2 Å². The zero-order valence-electron chi connectivity index (χ0n) is 33.8. The second-order valence-electron chi connectivity index (χ2n) is 15.9. The summed E-state index contributed by atoms with van der Waals surface area (Å²) in [6, 6.07) is 40.0. The number of hydrogen-bond acceptors (Lipinski definition) is 3. The number of fused-ring (bicyclic) bond motifs is 6. The average Bonchev–Trinajstić information content (AvgIpc) is 3.74. The highest BCUT2D eigenvalue weighted by atomic mass is 19.4. The fourth-order valence-corrected chi connectivity index (χ4v) is 8.51. The molecule has 0 unspecified atom stereocenters. The van der Waals surface area contributed by atoms with Crippen molar-refractivity contribution in [1.82, 2.24) is 24.1 Å². The van der Waals surface area contributed by atoms with Gasteiger partial charge in [-0.2, -0.15) is 26.3 Å². The summed E-state index contributed by atoms with van der Waals surface area (Å²) in [5.41, 5.74) is 7.05. The van der Waals surface area contributed by atoms with Crippen molar-refractivity contribution in [2.24, 2.45) is 0 Å². The van der Waals surface area contributed by atoms with E-state index in [9.17, 15) is 26.3 Å². The van der Waals surface area contributed by atoms with Crippen LogP contribution in [0.25, 0.3) is 89.2 Å². The molecule has 7 aromatic carbocycles. The molecule has 0 aliphatic rings. The molecule has 0 radical (unpaired) electrons. The van der Waals surface area contributed by atoms with Crippen LogP contribution in [0.1, 0.15) is 33.4 Å². The zero-order valence-corrected chi connectivity index (χ0v) is 33.8. The van der Waals surface area contributed by atoms with Crippen LogP contribution in [0.5, 0.6) is 0 Å². The molecule has 0 atom stereocenters. The van der Waals surface area contributed by atoms with E-state index in [2.05, 4.69) is 0 Å². The standard InChI is InChI=1S/C51H35F6N5/c1-28-12-20-41(61-43-24-30(3)10-16-35(43)37-18-14-33(26-45(37)61)50(52,53)54)39(22-28)48-58-47(32-8-6-5-7-9-32)59-49(60-48)40-23-29(2)13-21-42(40)62-44-25-31(4)11-17-36(44)38-19-15-34(27-46(38)62)51(55,56)57/h5-27H,1-4H3. The minimum atomic E-state index is -4.58. The second-order valence-corrected chi connectivity index (χ2v) is 15.9. The average molecular weight is 832 g/mol. The van der Waals surface area contributed by atoms with E-state index in [-0.39, 0.29) is 11.6 Å². The van der Waals surface area contributed by atoms with Gasteiger partial charge in [-0.1, -0.05) is 90.0 Å². The number of aromatic nitrogens is 5. The summed E-state index contributed by atoms with van der Waals surface area (Å²) in [4.78, 5) is 15.3. The van der Waals surface area contributed by atoms with Gasteiger partial charge in [-0.25, -0.2) is 15.0 Å². The van der Waals surface area contributed by atoms with Crippen molar-refractivity contribution in [3.63, 3.8) is 0 Å². The fourth-order valence-electron chi connectivity index (χ4n) is 8.51. The summed E-state index contributed by atoms with van der Waals surface area (Å²) in [5, 5.41) is 2.87. The van der Waals surface area contributed by atoms with Gasteiger partial charge in [0.2, 0.25) is 0 Å². The van der Waals surface area contributed by atoms with Crippen molar-refractivity contribution in [3.05, 3.63) is 173 Å². The van der Waals surface area contributed by atoms with Crippen LogP contribution in [-0.4, -0.2) is 24.1 Å². The van der Waals surface area contributed by atoms with E-state index >= 15 is 0 Å². The molecule has 10 aromatic rings. The molecule has 10 rings (SSSR count). The van der Waals surface area contributed by atoms with Crippen molar-refractivity contribution >= 4 is 43.6 Å². The molecule has 0 aliphatic carbocycles. The Bertz CT molecular complexity index is 3230. The summed E-state index contributed by atoms with van der Waals surface area (Å²) >= 11 is 0. The molecule has 0 saturated carbocycles. The van der Waals surface area contributed by atoms with Crippen LogP contribution in [0.15, 0.2) is 140 Å². The second kappa shape index (κ2) is 14.2. The number of benzene rings is 7. The molecule has 0 saturated heterocycles. The Morgan fingerprint density at radius 1 is 0.371 bits per heavy atom. The Morgan fingerprint density at radius 2 is 0.726 bits per heavy atom. The van der Waals surface area contributed by atoms with Crippen molar-refractivity contribution in [2.75, 3.05) is 0 Å². The lowest BCUT2D eigenvalue weighted by molar-refractivity contribution is -0.138. The van der Waals surface area contributed by atoms with Crippen LogP contribution in [0.3, 0.4) is 0 Å². The normalized spacial score (nSPS) is 12.4. The van der Waals surface area contributed by atoms with Crippen molar-refractivity contribution in [1.29, 1.82) is 0 Å². The van der Waals surface area contributed by atoms with E-state index < -0.39 is 23.5 Å². The first-order valence-electron chi connectivity index (χ1n) is 19.9. The van der Waals surface area contributed by atoms with Gasteiger partial charge >= 0.3 is 12.4 Å². The van der Waals surface area contributed by atoms with Gasteiger partial charge in [0.1, 0.15) is 0 Å². The molecule has 0 N–H and O–H groups in total. The summed E-state index contributed by atoms with van der Waals surface area (Å²) in [6.45, 7) is 7.71. The highest BCUT2D eigenvalue weighted by molar-refractivity contribution is 6.11. The third kappa shape index (κ3) is 6.55. The van der Waals surface area contributed by atoms with Crippen LogP contribution < -0.4 is 0 Å². The molecule has 0 spiro atoms. The molecular formula is C51H35F6N5. The highest BCUT2D eigenvalue weighted by Gasteiger charge is 2.33. The van der Waals surface area contributed by atoms with Crippen LogP contribution in [0.4, 0.5) is 26.3 Å². The van der Waals surface area contributed by atoms with Gasteiger partial charge in [0.05, 0.1) is 44.6 Å². The number of halogens is 6. The summed E-state index contributed by atoms with van der Waals surface area (Å²) in [7, 11) is 0. The lowest BCUT2D eigenvalue weighted by Gasteiger charge is -2.18. The third-order valence-corrected chi connectivity index (χ3v) is 11.4. The predicted octanol–water partition coefficient (Wildman–Crippen LogP) is 14.3. The van der Waals surface area contributed by atoms with Crippen LogP contribution >= 0.6 is 0 Å². The molecule has 62 heavy (non-hydrogen) atoms. The quantitative estimate of drug-likeness (QED) is 0.162. The Hall–Kier alpha value is -7.27. The lowest BCUT2D eigenvalue weighted by Crippen LogP contribution is -2.07. The Balaban J connectivity index is 1.28. The number of aryl methyl sites for hydroxylation is 4. The smallest absolute Gasteiger partial charge is 0.308 e. The van der Waals surface area contributed by atoms with Gasteiger partial charge < -0.3 is 9.13 Å². The van der Waals surface area contributed by atoms with E-state index in [0.717, 1.165) is 45.2 Å². The molecule has 0 amide bonds. The monoisotopic (exact) mass is 831 g/mol. The van der Waals surface area contributed by atoms with Gasteiger partial charge in [-0.05, 0) is 99.5 Å². The van der Waals surface area contributed by atoms with E-state index in [4.69, 9.17) is 15.0 Å². The molecule has 3 aromatic heterocycles. The summed E-state index contributed by atoms with van der Waals surface area (Å²) in [5.74, 6) is 0.847. The van der Waals surface area contributed by atoms with E-state index in [0.29, 0.717) is 66.7 Å². The molecule has 5 nitrogen and oxygen atoms in total. The van der Waals surface area contributed by atoms with Gasteiger partial charge in [0.25, 0.3) is 0 Å². The highest BCUT2D eigenvalue weighted by Crippen LogP contribution is 2.42. The maximum Gasteiger partial charge on any atom is 0.416 e. The van der Waals surface area contributed by atoms with Gasteiger partial charge in [0.15, 0.2) is 17.5 Å². The van der Waals surface area contributed by atoms with Gasteiger partial charge in [-0.3, -0.25) is 0 Å². The van der Waals surface area contributed by atoms with Crippen LogP contribution in [0.2, 0.25) is 0 Å². The van der Waals surface area contributed by atoms with Crippen molar-refractivity contribution in [3.8, 4) is 45.5 Å². The summed E-state index contributed by atoms with van der Waals surface area (Å²) in [6.07, 6.45) is -9.16. The first kappa shape index (κ1) is 38.9. The van der Waals surface area contributed by atoms with Crippen LogP contribution in [0, 0.1) is 27.7 Å². The number of alkyl halides is 6. The number of rotatable bonds is 5. The van der Waals surface area contributed by atoms with E-state index in [1.807, 2.05) is 140 Å². The maximum absolute atomic E-state index is 14.3. The molecule has 306 valence electrons. The minimum absolute atomic E-state index is 0.257. The van der Waals surface area contributed by atoms with E-state index in [1.54, 1.807) is 0 Å². The number of hydrogen-bond donors (Lipinski definition) is 0. The SMILES string of the molecule is Cc1ccc(-n2c3cc(C)ccc3c3ccc(C(F)(F)F)cc32)c(-c2nc(-c3ccccc3)nc(-c3cc(C)ccc3-n3c4cc(C)ccc4c4ccc(C(F)(F)F)cc43)n2)c1. The largest absolute Gasteiger partial charge is 0.416 e. The lowest BCUT2D eigenvalue weighted by atomic mass is 10.1. The fraction of sp³-hybridized carbons (Fsp3) is 0.118. The van der Waals surface area contributed by atoms with E-state index in [1.165, 1.54) is 24.3 Å². The molecule has 3 heterocycles. The number of nitrogens with zero attached hydrogens (tertiary/aromatic N) is 5. The summed E-state index contributed by atoms with van der Waals surface area (Å²) < 4.78 is 89.6. The van der Waals surface area contributed by atoms with Crippen molar-refractivity contribution in [2.45, 2.75) is 40.0 Å². The molecule has 0 aliphatic heterocycles. The molecule has 0 bridgehead atoms.